The van der Waals surface area contributed by atoms with E-state index < -0.39 is 5.97 Å². The molecule has 1 aromatic heterocycles. The molecule has 0 saturated carbocycles. The largest absolute Gasteiger partial charge is 0.493 e. The number of ether oxygens (including phenoxy) is 2. The van der Waals surface area contributed by atoms with Crippen LogP contribution in [0.1, 0.15) is 19.4 Å². The summed E-state index contributed by atoms with van der Waals surface area (Å²) in [7, 11) is 0. The van der Waals surface area contributed by atoms with Crippen molar-refractivity contribution in [3.63, 3.8) is 0 Å². The number of esters is 1. The minimum absolute atomic E-state index is 0.330. The van der Waals surface area contributed by atoms with Crippen molar-refractivity contribution in [2.45, 2.75) is 13.8 Å². The number of thiazole rings is 1. The molecule has 4 nitrogen and oxygen atoms in total. The Labute approximate surface area is 160 Å². The number of nitrogens with one attached hydrogen (secondary N) is 1. The van der Waals surface area contributed by atoms with Gasteiger partial charge in [-0.25, -0.2) is 4.79 Å². The molecule has 1 heterocycles. The third-order valence-electron chi connectivity index (χ3n) is 3.76. The first kappa shape index (κ1) is 18.4. The van der Waals surface area contributed by atoms with Crippen molar-refractivity contribution in [3.8, 4) is 5.75 Å². The first-order chi connectivity index (χ1) is 12.6. The van der Waals surface area contributed by atoms with Gasteiger partial charge in [-0.05, 0) is 49.0 Å². The van der Waals surface area contributed by atoms with Crippen LogP contribution >= 0.6 is 23.6 Å². The molecule has 134 valence electrons. The molecule has 3 aromatic rings. The molecule has 26 heavy (non-hydrogen) atoms. The topological polar surface area (TPSA) is 51.3 Å². The lowest BCUT2D eigenvalue weighted by molar-refractivity contribution is -0.135. The van der Waals surface area contributed by atoms with Gasteiger partial charge in [0, 0.05) is 11.6 Å². The van der Waals surface area contributed by atoms with Crippen LogP contribution in [0.3, 0.4) is 0 Å². The quantitative estimate of drug-likeness (QED) is 0.539. The smallest absolute Gasteiger partial charge is 0.332 e. The van der Waals surface area contributed by atoms with Gasteiger partial charge >= 0.3 is 5.97 Å². The standard InChI is InChI=1S/C20H19NO3S2/c1-3-23-17-10-9-13-7-5-6-8-14(13)15(17)11-18-16(21-20(25)26-18)12-19(22)24-4-2/h5-12H,3-4H2,1-2H3,(H,21,25)/b16-12-,18-11-. The van der Waals surface area contributed by atoms with E-state index in [1.807, 2.05) is 37.3 Å². The second-order valence-electron chi connectivity index (χ2n) is 5.46. The number of H-pyrrole nitrogens is 1. The highest BCUT2D eigenvalue weighted by molar-refractivity contribution is 7.73. The second kappa shape index (κ2) is 8.29. The fourth-order valence-electron chi connectivity index (χ4n) is 2.71. The van der Waals surface area contributed by atoms with Crippen LogP contribution in [0.25, 0.3) is 22.9 Å². The van der Waals surface area contributed by atoms with Crippen molar-refractivity contribution < 1.29 is 14.3 Å². The van der Waals surface area contributed by atoms with E-state index in [2.05, 4.69) is 17.1 Å². The lowest BCUT2D eigenvalue weighted by Gasteiger charge is -2.10. The molecule has 0 atom stereocenters. The molecule has 0 saturated heterocycles. The highest BCUT2D eigenvalue weighted by atomic mass is 32.1. The van der Waals surface area contributed by atoms with Crippen molar-refractivity contribution in [2.75, 3.05) is 13.2 Å². The molecular weight excluding hydrogens is 366 g/mol. The van der Waals surface area contributed by atoms with Crippen LogP contribution in [0.15, 0.2) is 36.4 Å². The van der Waals surface area contributed by atoms with Crippen LogP contribution in [-0.4, -0.2) is 24.2 Å². The van der Waals surface area contributed by atoms with Crippen molar-refractivity contribution in [1.82, 2.24) is 4.98 Å². The molecule has 0 bridgehead atoms. The summed E-state index contributed by atoms with van der Waals surface area (Å²) in [6.07, 6.45) is 3.45. The highest BCUT2D eigenvalue weighted by Gasteiger charge is 2.07. The molecule has 0 fully saturated rings. The number of benzene rings is 2. The molecule has 0 amide bonds. The number of fused-ring (bicyclic) bond motifs is 1. The Balaban J connectivity index is 2.27. The monoisotopic (exact) mass is 385 g/mol. The van der Waals surface area contributed by atoms with E-state index in [-0.39, 0.29) is 0 Å². The van der Waals surface area contributed by atoms with Gasteiger partial charge < -0.3 is 14.5 Å². The average Bonchev–Trinajstić information content (AvgIpc) is 2.96. The summed E-state index contributed by atoms with van der Waals surface area (Å²) in [6.45, 7) is 4.64. The maximum Gasteiger partial charge on any atom is 0.332 e. The van der Waals surface area contributed by atoms with E-state index in [0.29, 0.717) is 22.5 Å². The first-order valence-electron chi connectivity index (χ1n) is 8.36. The van der Waals surface area contributed by atoms with Crippen LogP contribution in [0.5, 0.6) is 5.75 Å². The lowest BCUT2D eigenvalue weighted by Crippen LogP contribution is -2.23. The van der Waals surface area contributed by atoms with E-state index in [1.165, 1.54) is 17.4 Å². The van der Waals surface area contributed by atoms with Crippen molar-refractivity contribution in [3.05, 3.63) is 55.8 Å². The average molecular weight is 386 g/mol. The number of hydrogen-bond acceptors (Lipinski definition) is 5. The third kappa shape index (κ3) is 4.03. The maximum atomic E-state index is 11.8. The van der Waals surface area contributed by atoms with Gasteiger partial charge in [-0.1, -0.05) is 30.3 Å². The third-order valence-corrected chi connectivity index (χ3v) is 4.96. The summed E-state index contributed by atoms with van der Waals surface area (Å²) in [5.41, 5.74) is 0.966. The Morgan fingerprint density at radius 3 is 2.77 bits per heavy atom. The minimum Gasteiger partial charge on any atom is -0.493 e. The summed E-state index contributed by atoms with van der Waals surface area (Å²) >= 11 is 6.69. The van der Waals surface area contributed by atoms with E-state index in [9.17, 15) is 4.79 Å². The molecule has 2 aromatic carbocycles. The molecule has 1 N–H and O–H groups in total. The number of aromatic nitrogens is 1. The van der Waals surface area contributed by atoms with Gasteiger partial charge in [-0.15, -0.1) is 11.3 Å². The van der Waals surface area contributed by atoms with Crippen molar-refractivity contribution in [1.29, 1.82) is 0 Å². The zero-order chi connectivity index (χ0) is 18.5. The number of hydrogen-bond donors (Lipinski definition) is 1. The van der Waals surface area contributed by atoms with Gasteiger partial charge in [0.05, 0.1) is 23.1 Å². The normalized spacial score (nSPS) is 12.5. The van der Waals surface area contributed by atoms with E-state index in [1.54, 1.807) is 6.92 Å². The Morgan fingerprint density at radius 1 is 1.19 bits per heavy atom. The van der Waals surface area contributed by atoms with Gasteiger partial charge in [0.25, 0.3) is 0 Å². The van der Waals surface area contributed by atoms with Crippen LogP contribution in [0, 0.1) is 3.95 Å². The second-order valence-corrected chi connectivity index (χ2v) is 7.18. The predicted octanol–water partition coefficient (Wildman–Crippen LogP) is 3.53. The number of carbonyl (C=O) groups excluding carboxylic acids is 1. The molecule has 0 radical (unpaired) electrons. The Hall–Kier alpha value is -2.44. The van der Waals surface area contributed by atoms with Crippen LogP contribution in [0.2, 0.25) is 0 Å². The molecule has 0 unspecified atom stereocenters. The molecule has 6 heteroatoms. The summed E-state index contributed by atoms with van der Waals surface area (Å²) in [6, 6.07) is 12.1. The van der Waals surface area contributed by atoms with E-state index >= 15 is 0 Å². The van der Waals surface area contributed by atoms with E-state index in [4.69, 9.17) is 21.7 Å². The van der Waals surface area contributed by atoms with Crippen LogP contribution in [-0.2, 0) is 9.53 Å². The Kier molecular flexibility index (Phi) is 5.85. The van der Waals surface area contributed by atoms with Crippen LogP contribution in [0.4, 0.5) is 0 Å². The van der Waals surface area contributed by atoms with Gasteiger partial charge in [-0.2, -0.15) is 0 Å². The van der Waals surface area contributed by atoms with Gasteiger partial charge in [0.15, 0.2) is 3.95 Å². The molecule has 0 aliphatic carbocycles. The summed E-state index contributed by atoms with van der Waals surface area (Å²) in [5, 5.41) is 2.85. The maximum absolute atomic E-state index is 11.8. The first-order valence-corrected chi connectivity index (χ1v) is 9.58. The summed E-state index contributed by atoms with van der Waals surface area (Å²) < 4.78 is 12.3. The fourth-order valence-corrected chi connectivity index (χ4v) is 3.84. The molecule has 3 rings (SSSR count). The summed E-state index contributed by atoms with van der Waals surface area (Å²) in [5.74, 6) is 0.404. The Morgan fingerprint density at radius 2 is 2.00 bits per heavy atom. The SMILES string of the molecule is CCOC(=O)/C=c1\[nH]c(=S)s\c1=C/c1c(OCC)ccc2ccccc12. The summed E-state index contributed by atoms with van der Waals surface area (Å²) in [4.78, 5) is 14.9. The number of rotatable bonds is 5. The number of carbonyl (C=O) groups is 1. The minimum atomic E-state index is -0.394. The van der Waals surface area contributed by atoms with Gasteiger partial charge in [0.1, 0.15) is 5.75 Å². The van der Waals surface area contributed by atoms with Gasteiger partial charge in [-0.3, -0.25) is 0 Å². The Bertz CT molecular complexity index is 1110. The fraction of sp³-hybridized carbons (Fsp3) is 0.200. The molecule has 0 aliphatic heterocycles. The molecule has 0 spiro atoms. The molecular formula is C20H19NO3S2. The zero-order valence-corrected chi connectivity index (χ0v) is 16.2. The lowest BCUT2D eigenvalue weighted by atomic mass is 10.0. The zero-order valence-electron chi connectivity index (χ0n) is 14.6. The predicted molar refractivity (Wildman–Crippen MR) is 109 cm³/mol. The molecule has 0 aliphatic rings. The highest BCUT2D eigenvalue weighted by Crippen LogP contribution is 2.28. The number of aromatic amines is 1. The van der Waals surface area contributed by atoms with Gasteiger partial charge in [0.2, 0.25) is 0 Å². The van der Waals surface area contributed by atoms with E-state index in [0.717, 1.165) is 26.6 Å². The van der Waals surface area contributed by atoms with Crippen molar-refractivity contribution >= 4 is 52.4 Å². The van der Waals surface area contributed by atoms with Crippen molar-refractivity contribution in [2.24, 2.45) is 0 Å². The van der Waals surface area contributed by atoms with Crippen LogP contribution < -0.4 is 14.6 Å².